The summed E-state index contributed by atoms with van der Waals surface area (Å²) >= 11 is 1.52. The number of benzene rings is 1. The number of rotatable bonds is 5. The van der Waals surface area contributed by atoms with Gasteiger partial charge in [0.1, 0.15) is 12.4 Å². The van der Waals surface area contributed by atoms with E-state index < -0.39 is 0 Å². The molecular weight excluding hydrogens is 374 g/mol. The lowest BCUT2D eigenvalue weighted by molar-refractivity contribution is 0.139. The highest BCUT2D eigenvalue weighted by atomic mass is 32.1. The zero-order valence-electron chi connectivity index (χ0n) is 15.7. The summed E-state index contributed by atoms with van der Waals surface area (Å²) in [7, 11) is 0. The number of nitrogens with zero attached hydrogens (tertiary/aromatic N) is 5. The number of aromatic nitrogens is 3. The second-order valence-corrected chi connectivity index (χ2v) is 7.94. The minimum atomic E-state index is 0.0805. The Morgan fingerprint density at radius 1 is 1.18 bits per heavy atom. The second-order valence-electron chi connectivity index (χ2n) is 7.28. The Labute approximate surface area is 168 Å². The molecule has 1 aromatic carbocycles. The van der Waals surface area contributed by atoms with Gasteiger partial charge in [-0.3, -0.25) is 4.90 Å². The van der Waals surface area contributed by atoms with Crippen LogP contribution in [0.5, 0.6) is 5.88 Å². The van der Waals surface area contributed by atoms with Crippen molar-refractivity contribution in [2.45, 2.75) is 19.1 Å². The minimum absolute atomic E-state index is 0.0805. The first kappa shape index (κ1) is 17.8. The lowest BCUT2D eigenvalue weighted by Crippen LogP contribution is -2.45. The predicted molar refractivity (Wildman–Crippen MR) is 109 cm³/mol. The number of anilines is 1. The highest BCUT2D eigenvalue weighted by Crippen LogP contribution is 2.29. The van der Waals surface area contributed by atoms with Crippen LogP contribution in [0.15, 0.2) is 36.1 Å². The van der Waals surface area contributed by atoms with Crippen molar-refractivity contribution in [3.05, 3.63) is 41.7 Å². The number of ether oxygens (including phenoxy) is 2. The van der Waals surface area contributed by atoms with Gasteiger partial charge in [-0.1, -0.05) is 0 Å². The van der Waals surface area contributed by atoms with Crippen molar-refractivity contribution in [2.75, 3.05) is 44.3 Å². The van der Waals surface area contributed by atoms with Crippen LogP contribution >= 0.6 is 11.5 Å². The van der Waals surface area contributed by atoms with E-state index in [0.29, 0.717) is 12.5 Å². The summed E-state index contributed by atoms with van der Waals surface area (Å²) in [6.45, 7) is 6.46. The van der Waals surface area contributed by atoms with Crippen LogP contribution in [0.1, 0.15) is 12.0 Å². The Hall–Kier alpha value is -2.29. The molecule has 2 aliphatic rings. The zero-order chi connectivity index (χ0) is 18.8. The Balaban J connectivity index is 1.30. The average Bonchev–Trinajstić information content (AvgIpc) is 3.43. The molecule has 28 heavy (non-hydrogen) atoms. The van der Waals surface area contributed by atoms with E-state index in [1.807, 2.05) is 6.20 Å². The standard InChI is InChI=1S/C20H23N5O2S/c1-2-19-18(20(22-14-21-19)27-17-3-8-26-12-17)9-16(1)25-6-4-24(5-7-25)11-15-10-23-28-13-15/h1-2,9-10,13-14,17H,3-8,11-12H2. The summed E-state index contributed by atoms with van der Waals surface area (Å²) in [4.78, 5) is 13.7. The monoisotopic (exact) mass is 397 g/mol. The van der Waals surface area contributed by atoms with Gasteiger partial charge in [-0.05, 0) is 35.3 Å². The van der Waals surface area contributed by atoms with Gasteiger partial charge < -0.3 is 14.4 Å². The predicted octanol–water partition coefficient (Wildman–Crippen LogP) is 2.58. The molecule has 1 atom stereocenters. The summed E-state index contributed by atoms with van der Waals surface area (Å²) < 4.78 is 15.7. The molecule has 0 saturated carbocycles. The quantitative estimate of drug-likeness (QED) is 0.656. The first-order valence-corrected chi connectivity index (χ1v) is 10.5. The first-order chi connectivity index (χ1) is 13.8. The molecule has 146 valence electrons. The number of fused-ring (bicyclic) bond motifs is 1. The molecule has 3 aromatic rings. The van der Waals surface area contributed by atoms with Crippen LogP contribution in [-0.4, -0.2) is 64.7 Å². The fourth-order valence-corrected chi connectivity index (χ4v) is 4.33. The summed E-state index contributed by atoms with van der Waals surface area (Å²) in [5.41, 5.74) is 3.42. The molecule has 0 bridgehead atoms. The summed E-state index contributed by atoms with van der Waals surface area (Å²) in [5, 5.41) is 3.10. The van der Waals surface area contributed by atoms with Gasteiger partial charge in [0.25, 0.3) is 0 Å². The van der Waals surface area contributed by atoms with Crippen molar-refractivity contribution < 1.29 is 9.47 Å². The Bertz CT molecular complexity index is 922. The Morgan fingerprint density at radius 3 is 2.89 bits per heavy atom. The molecule has 2 aliphatic heterocycles. The van der Waals surface area contributed by atoms with Crippen molar-refractivity contribution >= 4 is 28.1 Å². The number of hydrogen-bond donors (Lipinski definition) is 0. The molecule has 2 aromatic heterocycles. The van der Waals surface area contributed by atoms with Gasteiger partial charge in [-0.25, -0.2) is 14.3 Å². The summed E-state index contributed by atoms with van der Waals surface area (Å²) in [6.07, 6.45) is 4.53. The van der Waals surface area contributed by atoms with Gasteiger partial charge >= 0.3 is 0 Å². The summed E-state index contributed by atoms with van der Waals surface area (Å²) in [5.74, 6) is 0.658. The minimum Gasteiger partial charge on any atom is -0.471 e. The molecule has 0 radical (unpaired) electrons. The van der Waals surface area contributed by atoms with Gasteiger partial charge in [0.05, 0.1) is 24.1 Å². The number of piperazine rings is 1. The molecular formula is C20H23N5O2S. The maximum Gasteiger partial charge on any atom is 0.224 e. The Morgan fingerprint density at radius 2 is 2.11 bits per heavy atom. The SMILES string of the molecule is c1nc(OC2CCOC2)c2cc(N3CCN(Cc4cnsc4)CC3)ccc2n1. The molecule has 2 fully saturated rings. The van der Waals surface area contributed by atoms with Crippen molar-refractivity contribution in [3.8, 4) is 5.88 Å². The van der Waals surface area contributed by atoms with Crippen molar-refractivity contribution in [1.29, 1.82) is 0 Å². The van der Waals surface area contributed by atoms with E-state index in [4.69, 9.17) is 9.47 Å². The first-order valence-electron chi connectivity index (χ1n) is 9.70. The smallest absolute Gasteiger partial charge is 0.224 e. The molecule has 0 spiro atoms. The fourth-order valence-electron chi connectivity index (χ4n) is 3.80. The zero-order valence-corrected chi connectivity index (χ0v) is 16.5. The molecule has 8 heteroatoms. The van der Waals surface area contributed by atoms with E-state index in [1.54, 1.807) is 6.33 Å². The molecule has 0 aliphatic carbocycles. The molecule has 4 heterocycles. The van der Waals surface area contributed by atoms with Crippen LogP contribution in [0.2, 0.25) is 0 Å². The molecule has 1 unspecified atom stereocenters. The largest absolute Gasteiger partial charge is 0.471 e. The third-order valence-electron chi connectivity index (χ3n) is 5.38. The van der Waals surface area contributed by atoms with E-state index >= 15 is 0 Å². The lowest BCUT2D eigenvalue weighted by atomic mass is 10.1. The van der Waals surface area contributed by atoms with E-state index in [2.05, 4.69) is 47.7 Å². The van der Waals surface area contributed by atoms with Crippen molar-refractivity contribution in [3.63, 3.8) is 0 Å². The average molecular weight is 398 g/mol. The van der Waals surface area contributed by atoms with Crippen LogP contribution in [-0.2, 0) is 11.3 Å². The van der Waals surface area contributed by atoms with Crippen LogP contribution in [0.25, 0.3) is 10.9 Å². The van der Waals surface area contributed by atoms with Crippen LogP contribution < -0.4 is 9.64 Å². The van der Waals surface area contributed by atoms with Gasteiger partial charge in [0, 0.05) is 56.4 Å². The number of hydrogen-bond acceptors (Lipinski definition) is 8. The molecule has 0 amide bonds. The maximum absolute atomic E-state index is 6.10. The van der Waals surface area contributed by atoms with Gasteiger partial charge in [0.2, 0.25) is 5.88 Å². The van der Waals surface area contributed by atoms with Crippen LogP contribution in [0, 0.1) is 0 Å². The van der Waals surface area contributed by atoms with Gasteiger partial charge in [-0.2, -0.15) is 0 Å². The van der Waals surface area contributed by atoms with Crippen LogP contribution in [0.4, 0.5) is 5.69 Å². The van der Waals surface area contributed by atoms with E-state index in [9.17, 15) is 0 Å². The molecule has 7 nitrogen and oxygen atoms in total. The third kappa shape index (κ3) is 3.80. The van der Waals surface area contributed by atoms with E-state index in [0.717, 1.165) is 56.7 Å². The summed E-state index contributed by atoms with van der Waals surface area (Å²) in [6, 6.07) is 6.38. The van der Waals surface area contributed by atoms with Gasteiger partial charge in [-0.15, -0.1) is 0 Å². The lowest BCUT2D eigenvalue weighted by Gasteiger charge is -2.36. The fraction of sp³-hybridized carbons (Fsp3) is 0.450. The maximum atomic E-state index is 6.10. The molecule has 0 N–H and O–H groups in total. The normalized spacial score (nSPS) is 20.7. The van der Waals surface area contributed by atoms with Crippen LogP contribution in [0.3, 0.4) is 0 Å². The topological polar surface area (TPSA) is 63.6 Å². The second kappa shape index (κ2) is 7.98. The van der Waals surface area contributed by atoms with E-state index in [-0.39, 0.29) is 6.10 Å². The van der Waals surface area contributed by atoms with Gasteiger partial charge in [0.15, 0.2) is 0 Å². The highest BCUT2D eigenvalue weighted by molar-refractivity contribution is 7.03. The van der Waals surface area contributed by atoms with E-state index in [1.165, 1.54) is 22.8 Å². The van der Waals surface area contributed by atoms with Crippen molar-refractivity contribution in [1.82, 2.24) is 19.2 Å². The third-order valence-corrected chi connectivity index (χ3v) is 6.01. The molecule has 2 saturated heterocycles. The molecule has 5 rings (SSSR count). The Kier molecular flexibility index (Phi) is 5.07. The van der Waals surface area contributed by atoms with Crippen molar-refractivity contribution in [2.24, 2.45) is 0 Å². The highest BCUT2D eigenvalue weighted by Gasteiger charge is 2.21.